The van der Waals surface area contributed by atoms with Crippen molar-refractivity contribution in [1.82, 2.24) is 14.8 Å². The van der Waals surface area contributed by atoms with E-state index >= 15 is 0 Å². The van der Waals surface area contributed by atoms with Crippen molar-refractivity contribution in [2.24, 2.45) is 0 Å². The summed E-state index contributed by atoms with van der Waals surface area (Å²) >= 11 is 17.7. The van der Waals surface area contributed by atoms with E-state index in [0.29, 0.717) is 5.56 Å². The van der Waals surface area contributed by atoms with Crippen LogP contribution in [0.2, 0.25) is 10.0 Å². The number of carbonyl (C=O) groups excluding carboxylic acids is 3. The van der Waals surface area contributed by atoms with Crippen molar-refractivity contribution in [2.45, 2.75) is 19.4 Å². The highest BCUT2D eigenvalue weighted by Gasteiger charge is 2.36. The molecule has 0 bridgehead atoms. The number of para-hydroxylation sites is 1. The minimum atomic E-state index is -0.618. The minimum absolute atomic E-state index is 0.0427. The molecule has 5 rings (SSSR count). The van der Waals surface area contributed by atoms with Crippen LogP contribution in [0.25, 0.3) is 17.0 Å². The lowest BCUT2D eigenvalue weighted by Crippen LogP contribution is -2.54. The molecule has 3 aromatic rings. The molecule has 10 heteroatoms. The summed E-state index contributed by atoms with van der Waals surface area (Å²) in [5.41, 5.74) is 1.64. The summed E-state index contributed by atoms with van der Waals surface area (Å²) < 4.78 is 1.85. The maximum atomic E-state index is 13.4. The predicted octanol–water partition coefficient (Wildman–Crippen LogP) is 4.40. The van der Waals surface area contributed by atoms with Gasteiger partial charge in [0.05, 0.1) is 15.7 Å². The molecule has 178 valence electrons. The van der Waals surface area contributed by atoms with Gasteiger partial charge in [-0.05, 0) is 49.3 Å². The molecule has 0 unspecified atom stereocenters. The maximum absolute atomic E-state index is 13.4. The minimum Gasteiger partial charge on any atom is -0.341 e. The van der Waals surface area contributed by atoms with Crippen LogP contribution in [0.15, 0.2) is 54.2 Å². The molecular formula is C25H20Cl2N4O3S. The summed E-state index contributed by atoms with van der Waals surface area (Å²) in [6.07, 6.45) is 5.34. The number of benzene rings is 2. The fourth-order valence-corrected chi connectivity index (χ4v) is 5.08. The second-order valence-corrected chi connectivity index (χ2v) is 9.52. The first-order valence-electron chi connectivity index (χ1n) is 11.1. The maximum Gasteiger partial charge on any atom is 0.270 e. The molecule has 0 saturated carbocycles. The number of carbonyl (C=O) groups is 3. The molecule has 3 heterocycles. The summed E-state index contributed by atoms with van der Waals surface area (Å²) in [6, 6.07) is 12.4. The van der Waals surface area contributed by atoms with E-state index in [0.717, 1.165) is 41.7 Å². The molecule has 35 heavy (non-hydrogen) atoms. The van der Waals surface area contributed by atoms with Gasteiger partial charge >= 0.3 is 0 Å². The Kier molecular flexibility index (Phi) is 6.35. The third-order valence-electron chi connectivity index (χ3n) is 6.16. The van der Waals surface area contributed by atoms with Crippen molar-refractivity contribution in [2.75, 3.05) is 18.0 Å². The standard InChI is InChI=1S/C25H20Cl2N4O3S/c26-18-7-5-9-20(22(18)27)31-24(34)17(23(33)28-25(31)35)12-15-13-30(19-8-2-1-6-16(15)19)14-21(32)29-10-3-4-11-29/h1-2,5-9,12-13H,3-4,10-11,14H2,(H,28,33,35)/b17-12-. The van der Waals surface area contributed by atoms with Crippen LogP contribution < -0.4 is 10.2 Å². The fraction of sp³-hybridized carbons (Fsp3) is 0.200. The van der Waals surface area contributed by atoms with Crippen LogP contribution in [-0.2, 0) is 20.9 Å². The van der Waals surface area contributed by atoms with Gasteiger partial charge in [-0.2, -0.15) is 0 Å². The van der Waals surface area contributed by atoms with E-state index in [-0.39, 0.29) is 38.9 Å². The van der Waals surface area contributed by atoms with E-state index in [1.165, 1.54) is 6.08 Å². The first-order valence-corrected chi connectivity index (χ1v) is 12.2. The lowest BCUT2D eigenvalue weighted by atomic mass is 10.1. The summed E-state index contributed by atoms with van der Waals surface area (Å²) in [5.74, 6) is -1.19. The van der Waals surface area contributed by atoms with E-state index in [4.69, 9.17) is 35.4 Å². The van der Waals surface area contributed by atoms with Crippen LogP contribution in [0.4, 0.5) is 5.69 Å². The number of fused-ring (bicyclic) bond motifs is 1. The number of thiocarbonyl (C=S) groups is 1. The van der Waals surface area contributed by atoms with Crippen molar-refractivity contribution in [1.29, 1.82) is 0 Å². The van der Waals surface area contributed by atoms with Crippen LogP contribution in [0, 0.1) is 0 Å². The smallest absolute Gasteiger partial charge is 0.270 e. The average Bonchev–Trinajstić information content (AvgIpc) is 3.48. The van der Waals surface area contributed by atoms with E-state index in [9.17, 15) is 14.4 Å². The lowest BCUT2D eigenvalue weighted by molar-refractivity contribution is -0.130. The number of hydrogen-bond donors (Lipinski definition) is 1. The predicted molar refractivity (Wildman–Crippen MR) is 140 cm³/mol. The van der Waals surface area contributed by atoms with Gasteiger partial charge in [-0.3, -0.25) is 24.6 Å². The Labute approximate surface area is 216 Å². The summed E-state index contributed by atoms with van der Waals surface area (Å²) in [6.45, 7) is 1.72. The number of anilines is 1. The molecule has 1 aromatic heterocycles. The van der Waals surface area contributed by atoms with E-state index in [1.54, 1.807) is 24.4 Å². The van der Waals surface area contributed by atoms with Gasteiger partial charge in [-0.15, -0.1) is 0 Å². The molecule has 3 amide bonds. The highest BCUT2D eigenvalue weighted by atomic mass is 35.5. The van der Waals surface area contributed by atoms with Crippen molar-refractivity contribution >= 4 is 80.9 Å². The monoisotopic (exact) mass is 526 g/mol. The van der Waals surface area contributed by atoms with E-state index in [2.05, 4.69) is 5.32 Å². The summed E-state index contributed by atoms with van der Waals surface area (Å²) in [5, 5.41) is 3.70. The number of aromatic nitrogens is 1. The van der Waals surface area contributed by atoms with Gasteiger partial charge in [0.25, 0.3) is 11.8 Å². The van der Waals surface area contributed by atoms with Crippen molar-refractivity contribution < 1.29 is 14.4 Å². The van der Waals surface area contributed by atoms with Gasteiger partial charge in [0.15, 0.2) is 5.11 Å². The number of nitrogens with one attached hydrogen (secondary N) is 1. The third-order valence-corrected chi connectivity index (χ3v) is 7.25. The van der Waals surface area contributed by atoms with Crippen molar-refractivity contribution in [3.05, 3.63) is 69.8 Å². The van der Waals surface area contributed by atoms with Crippen LogP contribution in [0.5, 0.6) is 0 Å². The van der Waals surface area contributed by atoms with E-state index in [1.807, 2.05) is 33.7 Å². The Morgan fingerprint density at radius 3 is 2.57 bits per heavy atom. The first kappa shape index (κ1) is 23.5. The Balaban J connectivity index is 1.54. The number of halogens is 2. The number of rotatable bonds is 4. The molecule has 2 fully saturated rings. The SMILES string of the molecule is O=C1NC(=S)N(c2cccc(Cl)c2Cl)C(=O)/C1=C\c1cn(CC(=O)N2CCCC2)c2ccccc12. The largest absolute Gasteiger partial charge is 0.341 e. The van der Waals surface area contributed by atoms with Crippen LogP contribution in [0.1, 0.15) is 18.4 Å². The molecule has 2 saturated heterocycles. The Hall–Kier alpha value is -3.20. The third kappa shape index (κ3) is 4.33. The van der Waals surface area contributed by atoms with Gasteiger partial charge in [-0.1, -0.05) is 47.5 Å². The average molecular weight is 527 g/mol. The topological polar surface area (TPSA) is 74.6 Å². The normalized spacial score (nSPS) is 17.5. The highest BCUT2D eigenvalue weighted by molar-refractivity contribution is 7.80. The Morgan fingerprint density at radius 2 is 1.80 bits per heavy atom. The number of nitrogens with zero attached hydrogens (tertiary/aromatic N) is 3. The van der Waals surface area contributed by atoms with Gasteiger partial charge in [-0.25, -0.2) is 0 Å². The molecule has 1 N–H and O–H groups in total. The summed E-state index contributed by atoms with van der Waals surface area (Å²) in [7, 11) is 0. The lowest BCUT2D eigenvalue weighted by Gasteiger charge is -2.29. The zero-order valence-corrected chi connectivity index (χ0v) is 20.8. The second kappa shape index (κ2) is 9.45. The van der Waals surface area contributed by atoms with Gasteiger partial charge < -0.3 is 9.47 Å². The second-order valence-electron chi connectivity index (χ2n) is 8.35. The Morgan fingerprint density at radius 1 is 1.06 bits per heavy atom. The van der Waals surface area contributed by atoms with Gasteiger partial charge in [0, 0.05) is 35.8 Å². The molecule has 2 aromatic carbocycles. The zero-order valence-electron chi connectivity index (χ0n) is 18.5. The first-order chi connectivity index (χ1) is 16.8. The van der Waals surface area contributed by atoms with Crippen LogP contribution in [0.3, 0.4) is 0 Å². The number of likely N-dealkylation sites (tertiary alicyclic amines) is 1. The molecule has 0 atom stereocenters. The number of amides is 3. The van der Waals surface area contributed by atoms with Gasteiger partial charge in [0.1, 0.15) is 12.1 Å². The number of hydrogen-bond acceptors (Lipinski definition) is 4. The molecule has 0 spiro atoms. The fourth-order valence-electron chi connectivity index (χ4n) is 4.43. The van der Waals surface area contributed by atoms with Crippen LogP contribution in [-0.4, -0.2) is 45.4 Å². The van der Waals surface area contributed by atoms with Crippen molar-refractivity contribution in [3.63, 3.8) is 0 Å². The van der Waals surface area contributed by atoms with E-state index < -0.39 is 11.8 Å². The molecule has 0 aliphatic carbocycles. The molecular weight excluding hydrogens is 507 g/mol. The van der Waals surface area contributed by atoms with Crippen LogP contribution >= 0.6 is 35.4 Å². The van der Waals surface area contributed by atoms with Crippen molar-refractivity contribution in [3.8, 4) is 0 Å². The highest BCUT2D eigenvalue weighted by Crippen LogP contribution is 2.35. The molecule has 2 aliphatic rings. The molecule has 2 aliphatic heterocycles. The molecule has 7 nitrogen and oxygen atoms in total. The quantitative estimate of drug-likeness (QED) is 0.310. The summed E-state index contributed by atoms with van der Waals surface area (Å²) in [4.78, 5) is 42.1. The molecule has 0 radical (unpaired) electrons. The van der Waals surface area contributed by atoms with Gasteiger partial charge in [0.2, 0.25) is 5.91 Å². The Bertz CT molecular complexity index is 1430. The zero-order chi connectivity index (χ0) is 24.7.